The highest BCUT2D eigenvalue weighted by Gasteiger charge is 2.21. The van der Waals surface area contributed by atoms with E-state index in [4.69, 9.17) is 4.42 Å². The van der Waals surface area contributed by atoms with E-state index in [1.165, 1.54) is 4.68 Å². The lowest BCUT2D eigenvalue weighted by molar-refractivity contribution is 0.0933. The van der Waals surface area contributed by atoms with Crippen LogP contribution in [0.5, 0.6) is 0 Å². The number of carbonyl (C=O) groups excluding carboxylic acids is 1. The van der Waals surface area contributed by atoms with E-state index in [9.17, 15) is 9.59 Å². The first kappa shape index (κ1) is 20.6. The van der Waals surface area contributed by atoms with Crippen LogP contribution < -0.4 is 10.9 Å². The molecule has 1 N–H and O–H groups in total. The SMILES string of the molecule is CN(C)[C@@H](CNC(=O)c1nn(Cc2ccccc2)c(=O)c2ccccc12)c1ccco1. The van der Waals surface area contributed by atoms with Gasteiger partial charge in [0.2, 0.25) is 0 Å². The van der Waals surface area contributed by atoms with Crippen molar-refractivity contribution >= 4 is 16.7 Å². The van der Waals surface area contributed by atoms with E-state index in [0.29, 0.717) is 17.3 Å². The van der Waals surface area contributed by atoms with Gasteiger partial charge in [-0.1, -0.05) is 48.5 Å². The zero-order valence-electron chi connectivity index (χ0n) is 17.5. The van der Waals surface area contributed by atoms with Crippen LogP contribution in [0, 0.1) is 0 Å². The van der Waals surface area contributed by atoms with Crippen LogP contribution in [0.25, 0.3) is 10.8 Å². The van der Waals surface area contributed by atoms with Crippen LogP contribution >= 0.6 is 0 Å². The minimum atomic E-state index is -0.337. The van der Waals surface area contributed by atoms with Gasteiger partial charge in [-0.25, -0.2) is 4.68 Å². The first-order valence-electron chi connectivity index (χ1n) is 10.1. The average molecular weight is 416 g/mol. The number of hydrogen-bond acceptors (Lipinski definition) is 5. The van der Waals surface area contributed by atoms with Crippen molar-refractivity contribution in [3.63, 3.8) is 0 Å². The van der Waals surface area contributed by atoms with Gasteiger partial charge in [0.15, 0.2) is 5.69 Å². The molecule has 7 heteroatoms. The topological polar surface area (TPSA) is 80.4 Å². The highest BCUT2D eigenvalue weighted by Crippen LogP contribution is 2.18. The standard InChI is InChI=1S/C24H24N4O3/c1-27(2)20(21-13-8-14-31-21)15-25-23(29)22-18-11-6-7-12-19(18)24(30)28(26-22)16-17-9-4-3-5-10-17/h3-14,20H,15-16H2,1-2H3,(H,25,29)/t20-/m0/s1. The number of likely N-dealkylation sites (N-methyl/N-ethyl adjacent to an activating group) is 1. The fraction of sp³-hybridized carbons (Fsp3) is 0.208. The van der Waals surface area contributed by atoms with Crippen molar-refractivity contribution in [1.82, 2.24) is 20.0 Å². The molecule has 0 aliphatic rings. The second-order valence-electron chi connectivity index (χ2n) is 7.55. The van der Waals surface area contributed by atoms with Crippen LogP contribution in [-0.4, -0.2) is 41.2 Å². The van der Waals surface area contributed by atoms with Crippen LogP contribution in [0.1, 0.15) is 27.9 Å². The molecule has 1 amide bonds. The molecule has 158 valence electrons. The Morgan fingerprint density at radius 2 is 1.74 bits per heavy atom. The molecule has 4 aromatic rings. The van der Waals surface area contributed by atoms with E-state index in [-0.39, 0.29) is 29.7 Å². The molecule has 0 aliphatic carbocycles. The van der Waals surface area contributed by atoms with Gasteiger partial charge in [-0.05, 0) is 37.9 Å². The quantitative estimate of drug-likeness (QED) is 0.501. The van der Waals surface area contributed by atoms with Gasteiger partial charge in [0.05, 0.1) is 24.2 Å². The molecule has 1 atom stereocenters. The maximum atomic E-state index is 13.1. The van der Waals surface area contributed by atoms with Crippen molar-refractivity contribution < 1.29 is 9.21 Å². The van der Waals surface area contributed by atoms with Crippen molar-refractivity contribution in [3.8, 4) is 0 Å². The monoisotopic (exact) mass is 416 g/mol. The molecule has 0 bridgehead atoms. The normalized spacial score (nSPS) is 12.2. The molecule has 0 unspecified atom stereocenters. The van der Waals surface area contributed by atoms with Crippen molar-refractivity contribution in [1.29, 1.82) is 0 Å². The third-order valence-corrected chi connectivity index (χ3v) is 5.21. The van der Waals surface area contributed by atoms with Gasteiger partial charge in [0, 0.05) is 11.9 Å². The van der Waals surface area contributed by atoms with E-state index < -0.39 is 0 Å². The third-order valence-electron chi connectivity index (χ3n) is 5.21. The third kappa shape index (κ3) is 4.41. The van der Waals surface area contributed by atoms with Gasteiger partial charge in [-0.15, -0.1) is 0 Å². The predicted molar refractivity (Wildman–Crippen MR) is 119 cm³/mol. The minimum Gasteiger partial charge on any atom is -0.468 e. The molecule has 31 heavy (non-hydrogen) atoms. The molecule has 0 saturated heterocycles. The van der Waals surface area contributed by atoms with Gasteiger partial charge in [-0.2, -0.15) is 5.10 Å². The Labute approximate surface area is 179 Å². The number of fused-ring (bicyclic) bond motifs is 1. The molecule has 2 aromatic carbocycles. The van der Waals surface area contributed by atoms with Gasteiger partial charge in [0.1, 0.15) is 5.76 Å². The summed E-state index contributed by atoms with van der Waals surface area (Å²) in [7, 11) is 3.85. The minimum absolute atomic E-state index is 0.125. The van der Waals surface area contributed by atoms with Gasteiger partial charge < -0.3 is 9.73 Å². The molecule has 0 saturated carbocycles. The largest absolute Gasteiger partial charge is 0.468 e. The summed E-state index contributed by atoms with van der Waals surface area (Å²) >= 11 is 0. The van der Waals surface area contributed by atoms with Crippen molar-refractivity contribution in [2.24, 2.45) is 0 Å². The molecular weight excluding hydrogens is 392 g/mol. The summed E-state index contributed by atoms with van der Waals surface area (Å²) in [6, 6.07) is 20.2. The van der Waals surface area contributed by atoms with E-state index in [1.807, 2.05) is 61.5 Å². The average Bonchev–Trinajstić information content (AvgIpc) is 3.31. The Balaban J connectivity index is 1.66. The molecule has 0 radical (unpaired) electrons. The fourth-order valence-corrected chi connectivity index (χ4v) is 3.56. The molecule has 7 nitrogen and oxygen atoms in total. The lowest BCUT2D eigenvalue weighted by Crippen LogP contribution is -2.36. The van der Waals surface area contributed by atoms with E-state index in [0.717, 1.165) is 11.3 Å². The Hall–Kier alpha value is -3.71. The smallest absolute Gasteiger partial charge is 0.274 e. The number of benzene rings is 2. The predicted octanol–water partition coefficient (Wildman–Crippen LogP) is 3.07. The van der Waals surface area contributed by atoms with Crippen LogP contribution in [0.2, 0.25) is 0 Å². The highest BCUT2D eigenvalue weighted by molar-refractivity contribution is 6.04. The molecule has 4 rings (SSSR count). The molecule has 0 fully saturated rings. The zero-order valence-corrected chi connectivity index (χ0v) is 17.5. The molecule has 2 aromatic heterocycles. The summed E-state index contributed by atoms with van der Waals surface area (Å²) in [5.74, 6) is 0.425. The summed E-state index contributed by atoms with van der Waals surface area (Å²) in [6.45, 7) is 0.630. The Morgan fingerprint density at radius 1 is 1.03 bits per heavy atom. The number of nitrogens with one attached hydrogen (secondary N) is 1. The first-order valence-corrected chi connectivity index (χ1v) is 10.1. The molecule has 0 spiro atoms. The summed E-state index contributed by atoms with van der Waals surface area (Å²) in [5, 5.41) is 8.39. The summed E-state index contributed by atoms with van der Waals surface area (Å²) in [5.41, 5.74) is 0.935. The van der Waals surface area contributed by atoms with Crippen LogP contribution in [0.3, 0.4) is 0 Å². The van der Waals surface area contributed by atoms with Gasteiger partial charge >= 0.3 is 0 Å². The molecule has 2 heterocycles. The van der Waals surface area contributed by atoms with E-state index in [1.54, 1.807) is 30.5 Å². The maximum Gasteiger partial charge on any atom is 0.274 e. The molecular formula is C24H24N4O3. The van der Waals surface area contributed by atoms with E-state index in [2.05, 4.69) is 10.4 Å². The summed E-state index contributed by atoms with van der Waals surface area (Å²) < 4.78 is 6.86. The van der Waals surface area contributed by atoms with Crippen molar-refractivity contribution in [2.45, 2.75) is 12.6 Å². The Morgan fingerprint density at radius 3 is 2.42 bits per heavy atom. The zero-order chi connectivity index (χ0) is 21.8. The van der Waals surface area contributed by atoms with Crippen LogP contribution in [0.4, 0.5) is 0 Å². The van der Waals surface area contributed by atoms with Crippen molar-refractivity contribution in [3.05, 3.63) is 100 Å². The number of furan rings is 1. The summed E-state index contributed by atoms with van der Waals surface area (Å²) in [6.07, 6.45) is 1.61. The fourth-order valence-electron chi connectivity index (χ4n) is 3.56. The Kier molecular flexibility index (Phi) is 5.95. The number of carbonyl (C=O) groups is 1. The second-order valence-corrected chi connectivity index (χ2v) is 7.55. The van der Waals surface area contributed by atoms with Gasteiger partial charge in [0.25, 0.3) is 11.5 Å². The van der Waals surface area contributed by atoms with Crippen LogP contribution in [0.15, 0.2) is 82.2 Å². The number of rotatable bonds is 7. The first-order chi connectivity index (χ1) is 15.0. The second kappa shape index (κ2) is 8.97. The number of aromatic nitrogens is 2. The number of hydrogen-bond donors (Lipinski definition) is 1. The van der Waals surface area contributed by atoms with Gasteiger partial charge in [-0.3, -0.25) is 14.5 Å². The van der Waals surface area contributed by atoms with Crippen LogP contribution in [-0.2, 0) is 6.54 Å². The van der Waals surface area contributed by atoms with E-state index >= 15 is 0 Å². The molecule has 0 aliphatic heterocycles. The Bertz CT molecular complexity index is 1230. The summed E-state index contributed by atoms with van der Waals surface area (Å²) in [4.78, 5) is 28.1. The maximum absolute atomic E-state index is 13.1. The number of amides is 1. The highest BCUT2D eigenvalue weighted by atomic mass is 16.3. The van der Waals surface area contributed by atoms with Crippen molar-refractivity contribution in [2.75, 3.05) is 20.6 Å². The lowest BCUT2D eigenvalue weighted by Gasteiger charge is -2.22. The number of nitrogens with zero attached hydrogens (tertiary/aromatic N) is 3. The lowest BCUT2D eigenvalue weighted by atomic mass is 10.1.